The van der Waals surface area contributed by atoms with Crippen LogP contribution in [-0.2, 0) is 0 Å². The van der Waals surface area contributed by atoms with Gasteiger partial charge in [-0.05, 0) is 26.0 Å². The number of aryl methyl sites for hydroxylation is 1. The highest BCUT2D eigenvalue weighted by atomic mass is 16.5. The summed E-state index contributed by atoms with van der Waals surface area (Å²) in [6.07, 6.45) is 3.12. The van der Waals surface area contributed by atoms with Gasteiger partial charge in [0.15, 0.2) is 5.76 Å². The molecule has 0 aliphatic carbocycles. The first-order valence-electron chi connectivity index (χ1n) is 6.55. The molecule has 0 unspecified atom stereocenters. The van der Waals surface area contributed by atoms with Gasteiger partial charge in [0.2, 0.25) is 5.95 Å². The van der Waals surface area contributed by atoms with E-state index in [1.165, 1.54) is 0 Å². The molecular weight excluding hydrogens is 270 g/mol. The van der Waals surface area contributed by atoms with Crippen LogP contribution in [0.5, 0.6) is 0 Å². The summed E-state index contributed by atoms with van der Waals surface area (Å²) in [6.45, 7) is 3.88. The first-order chi connectivity index (χ1) is 10.1. The lowest BCUT2D eigenvalue weighted by Crippen LogP contribution is -2.24. The van der Waals surface area contributed by atoms with Crippen molar-refractivity contribution in [2.45, 2.75) is 19.9 Å². The largest absolute Gasteiger partial charge is 0.460 e. The third-order valence-corrected chi connectivity index (χ3v) is 3.32. The molecule has 0 aliphatic heterocycles. The fourth-order valence-corrected chi connectivity index (χ4v) is 1.94. The Hall–Kier alpha value is -2.70. The van der Waals surface area contributed by atoms with Gasteiger partial charge in [-0.25, -0.2) is 4.98 Å². The molecule has 21 heavy (non-hydrogen) atoms. The van der Waals surface area contributed by atoms with Gasteiger partial charge in [0.25, 0.3) is 0 Å². The molecule has 3 aromatic heterocycles. The third-order valence-electron chi connectivity index (χ3n) is 3.32. The van der Waals surface area contributed by atoms with Gasteiger partial charge in [0, 0.05) is 13.1 Å². The number of furan rings is 1. The molecule has 3 heterocycles. The van der Waals surface area contributed by atoms with Crippen molar-refractivity contribution in [1.29, 1.82) is 0 Å². The summed E-state index contributed by atoms with van der Waals surface area (Å²) in [6, 6.07) is 5.54. The van der Waals surface area contributed by atoms with Crippen molar-refractivity contribution in [3.8, 4) is 11.5 Å². The number of nitrogens with zero attached hydrogens (tertiary/aromatic N) is 5. The zero-order valence-electron chi connectivity index (χ0n) is 12.0. The second-order valence-corrected chi connectivity index (χ2v) is 4.76. The Bertz CT molecular complexity index is 723. The first-order valence-corrected chi connectivity index (χ1v) is 6.55. The molecule has 0 bridgehead atoms. The number of aromatic nitrogens is 4. The zero-order chi connectivity index (χ0) is 14.8. The third kappa shape index (κ3) is 2.62. The fourth-order valence-electron chi connectivity index (χ4n) is 1.94. The van der Waals surface area contributed by atoms with E-state index in [9.17, 15) is 0 Å². The minimum absolute atomic E-state index is 0.0286. The van der Waals surface area contributed by atoms with Crippen molar-refractivity contribution in [3.05, 3.63) is 42.1 Å². The SMILES string of the molecule is Cc1ccc(-c2cnnc(N(C)[C@@H](C)c3ccon3)n2)o1. The first kappa shape index (κ1) is 13.3. The lowest BCUT2D eigenvalue weighted by molar-refractivity contribution is 0.406. The maximum absolute atomic E-state index is 5.56. The standard InChI is InChI=1S/C14H15N5O2/c1-9-4-5-13(21-9)12-8-15-17-14(16-12)19(3)10(2)11-6-7-20-18-11/h4-8,10H,1-3H3/t10-/m0/s1. The number of hydrogen-bond donors (Lipinski definition) is 0. The van der Waals surface area contributed by atoms with E-state index in [1.807, 2.05) is 44.0 Å². The van der Waals surface area contributed by atoms with Crippen molar-refractivity contribution in [3.63, 3.8) is 0 Å². The molecular formula is C14H15N5O2. The number of anilines is 1. The lowest BCUT2D eigenvalue weighted by atomic mass is 10.2. The highest BCUT2D eigenvalue weighted by Gasteiger charge is 2.18. The number of rotatable bonds is 4. The van der Waals surface area contributed by atoms with Gasteiger partial charge < -0.3 is 13.8 Å². The molecule has 0 amide bonds. The van der Waals surface area contributed by atoms with Crippen molar-refractivity contribution in [2.75, 3.05) is 11.9 Å². The van der Waals surface area contributed by atoms with Gasteiger partial charge >= 0.3 is 0 Å². The Kier molecular flexibility index (Phi) is 3.39. The van der Waals surface area contributed by atoms with Gasteiger partial charge in [-0.15, -0.1) is 5.10 Å². The Balaban J connectivity index is 1.89. The fraction of sp³-hybridized carbons (Fsp3) is 0.286. The molecule has 0 aliphatic rings. The van der Waals surface area contributed by atoms with Gasteiger partial charge in [-0.3, -0.25) is 0 Å². The van der Waals surface area contributed by atoms with Crippen LogP contribution in [0.15, 0.2) is 39.6 Å². The van der Waals surface area contributed by atoms with Gasteiger partial charge in [-0.2, -0.15) is 5.10 Å². The normalized spacial score (nSPS) is 12.3. The molecule has 108 valence electrons. The predicted octanol–water partition coefficient (Wildman–Crippen LogP) is 2.63. The summed E-state index contributed by atoms with van der Waals surface area (Å²) in [5.41, 5.74) is 1.45. The summed E-state index contributed by atoms with van der Waals surface area (Å²) >= 11 is 0. The topological polar surface area (TPSA) is 81.1 Å². The molecule has 7 heteroatoms. The van der Waals surface area contributed by atoms with Crippen LogP contribution in [0.3, 0.4) is 0 Å². The lowest BCUT2D eigenvalue weighted by Gasteiger charge is -2.22. The average Bonchev–Trinajstić information content (AvgIpc) is 3.17. The molecule has 0 N–H and O–H groups in total. The molecule has 0 spiro atoms. The van der Waals surface area contributed by atoms with Crippen LogP contribution in [0, 0.1) is 6.92 Å². The zero-order valence-corrected chi connectivity index (χ0v) is 12.0. The second-order valence-electron chi connectivity index (χ2n) is 4.76. The van der Waals surface area contributed by atoms with E-state index < -0.39 is 0 Å². The minimum atomic E-state index is -0.0286. The summed E-state index contributed by atoms with van der Waals surface area (Å²) in [7, 11) is 1.88. The van der Waals surface area contributed by atoms with Crippen LogP contribution in [0.2, 0.25) is 0 Å². The van der Waals surface area contributed by atoms with Gasteiger partial charge in [-0.1, -0.05) is 5.16 Å². The van der Waals surface area contributed by atoms with Crippen molar-refractivity contribution < 1.29 is 8.94 Å². The molecule has 1 atom stereocenters. The summed E-state index contributed by atoms with van der Waals surface area (Å²) in [4.78, 5) is 6.37. The van der Waals surface area contributed by atoms with Gasteiger partial charge in [0.05, 0.1) is 12.2 Å². The van der Waals surface area contributed by atoms with E-state index in [0.29, 0.717) is 17.4 Å². The van der Waals surface area contributed by atoms with Crippen LogP contribution in [0.4, 0.5) is 5.95 Å². The molecule has 0 radical (unpaired) electrons. The quantitative estimate of drug-likeness (QED) is 0.728. The Morgan fingerprint density at radius 3 is 2.76 bits per heavy atom. The van der Waals surface area contributed by atoms with E-state index in [0.717, 1.165) is 11.5 Å². The van der Waals surface area contributed by atoms with Crippen molar-refractivity contribution in [1.82, 2.24) is 20.3 Å². The summed E-state index contributed by atoms with van der Waals surface area (Å²) in [5, 5.41) is 12.0. The van der Waals surface area contributed by atoms with E-state index in [-0.39, 0.29) is 6.04 Å². The molecule has 0 aromatic carbocycles. The smallest absolute Gasteiger partial charge is 0.246 e. The van der Waals surface area contributed by atoms with Crippen molar-refractivity contribution >= 4 is 5.95 Å². The van der Waals surface area contributed by atoms with E-state index >= 15 is 0 Å². The van der Waals surface area contributed by atoms with E-state index in [2.05, 4.69) is 20.3 Å². The molecule has 0 saturated carbocycles. The van der Waals surface area contributed by atoms with Gasteiger partial charge in [0.1, 0.15) is 23.4 Å². The van der Waals surface area contributed by atoms with Crippen molar-refractivity contribution in [2.24, 2.45) is 0 Å². The van der Waals surface area contributed by atoms with Crippen LogP contribution in [0.25, 0.3) is 11.5 Å². The Labute approximate surface area is 121 Å². The highest BCUT2D eigenvalue weighted by molar-refractivity contribution is 5.52. The van der Waals surface area contributed by atoms with Crippen LogP contribution >= 0.6 is 0 Å². The molecule has 7 nitrogen and oxygen atoms in total. The second kappa shape index (κ2) is 5.35. The number of hydrogen-bond acceptors (Lipinski definition) is 7. The molecule has 0 fully saturated rings. The van der Waals surface area contributed by atoms with E-state index in [4.69, 9.17) is 8.94 Å². The molecule has 0 saturated heterocycles. The molecule has 3 aromatic rings. The maximum atomic E-state index is 5.56. The predicted molar refractivity (Wildman–Crippen MR) is 75.6 cm³/mol. The average molecular weight is 285 g/mol. The van der Waals surface area contributed by atoms with E-state index in [1.54, 1.807) is 12.5 Å². The molecule has 3 rings (SSSR count). The maximum Gasteiger partial charge on any atom is 0.246 e. The Morgan fingerprint density at radius 2 is 2.10 bits per heavy atom. The van der Waals surface area contributed by atoms with Crippen LogP contribution < -0.4 is 4.90 Å². The summed E-state index contributed by atoms with van der Waals surface area (Å²) in [5.74, 6) is 2.00. The highest BCUT2D eigenvalue weighted by Crippen LogP contribution is 2.24. The monoisotopic (exact) mass is 285 g/mol. The minimum Gasteiger partial charge on any atom is -0.460 e. The summed E-state index contributed by atoms with van der Waals surface area (Å²) < 4.78 is 10.4. The Morgan fingerprint density at radius 1 is 1.24 bits per heavy atom. The van der Waals surface area contributed by atoms with Crippen LogP contribution in [-0.4, -0.2) is 27.4 Å². The van der Waals surface area contributed by atoms with Crippen LogP contribution in [0.1, 0.15) is 24.4 Å².